The normalized spacial score (nSPS) is 15.1. The van der Waals surface area contributed by atoms with Gasteiger partial charge in [0.1, 0.15) is 5.75 Å². The summed E-state index contributed by atoms with van der Waals surface area (Å²) in [6.45, 7) is 3.45. The van der Waals surface area contributed by atoms with Crippen LogP contribution in [0.4, 0.5) is 18.9 Å². The number of aromatic hydroxyl groups is 1. The zero-order valence-electron chi connectivity index (χ0n) is 8.40. The number of phenols is 1. The van der Waals surface area contributed by atoms with E-state index < -0.39 is 17.5 Å². The molecular weight excluding hydrogens is 299 g/mol. The Kier molecular flexibility index (Phi) is 2.69. The fraction of sp³-hybridized carbons (Fsp3) is 0.0909. The van der Waals surface area contributed by atoms with E-state index in [1.807, 2.05) is 0 Å². The maximum atomic E-state index is 12.8. The molecule has 0 bridgehead atoms. The van der Waals surface area contributed by atoms with Crippen LogP contribution in [0, 0.1) is 0 Å². The number of allylic oxidation sites excluding steroid dienone is 2. The minimum absolute atomic E-state index is 0.131. The van der Waals surface area contributed by atoms with E-state index in [4.69, 9.17) is 0 Å². The SMILES string of the molecule is C=C1C=C(C(F)(F)F)c2c(ccc(Br)c2O)N1. The Bertz CT molecular complexity index is 534. The van der Waals surface area contributed by atoms with Crippen molar-refractivity contribution in [2.24, 2.45) is 0 Å². The summed E-state index contributed by atoms with van der Waals surface area (Å²) in [6.07, 6.45) is -3.67. The molecule has 1 aromatic carbocycles. The molecular formula is C11H7BrF3NO. The van der Waals surface area contributed by atoms with Gasteiger partial charge in [-0.05, 0) is 34.1 Å². The zero-order valence-corrected chi connectivity index (χ0v) is 9.98. The topological polar surface area (TPSA) is 32.3 Å². The van der Waals surface area contributed by atoms with Crippen molar-refractivity contribution in [2.75, 3.05) is 5.32 Å². The molecule has 0 radical (unpaired) electrons. The molecule has 17 heavy (non-hydrogen) atoms. The van der Waals surface area contributed by atoms with Crippen LogP contribution in [0.1, 0.15) is 5.56 Å². The second-order valence-electron chi connectivity index (χ2n) is 3.52. The minimum atomic E-state index is -4.54. The molecule has 0 unspecified atom stereocenters. The van der Waals surface area contributed by atoms with Gasteiger partial charge >= 0.3 is 6.18 Å². The summed E-state index contributed by atoms with van der Waals surface area (Å²) in [6, 6.07) is 2.91. The van der Waals surface area contributed by atoms with Crippen molar-refractivity contribution in [3.05, 3.63) is 40.5 Å². The van der Waals surface area contributed by atoms with Crippen LogP contribution >= 0.6 is 15.9 Å². The molecule has 0 aromatic heterocycles. The van der Waals surface area contributed by atoms with Gasteiger partial charge in [0.25, 0.3) is 0 Å². The lowest BCUT2D eigenvalue weighted by molar-refractivity contribution is -0.0691. The second kappa shape index (κ2) is 3.80. The molecule has 0 saturated heterocycles. The number of anilines is 1. The van der Waals surface area contributed by atoms with Crippen molar-refractivity contribution < 1.29 is 18.3 Å². The molecule has 1 aromatic rings. The summed E-state index contributed by atoms with van der Waals surface area (Å²) in [5, 5.41) is 12.4. The van der Waals surface area contributed by atoms with E-state index in [9.17, 15) is 18.3 Å². The van der Waals surface area contributed by atoms with Crippen LogP contribution in [0.15, 0.2) is 35.0 Å². The lowest BCUT2D eigenvalue weighted by atomic mass is 9.98. The smallest absolute Gasteiger partial charge is 0.417 e. The van der Waals surface area contributed by atoms with Crippen molar-refractivity contribution >= 4 is 27.2 Å². The van der Waals surface area contributed by atoms with E-state index in [1.165, 1.54) is 12.1 Å². The minimum Gasteiger partial charge on any atom is -0.506 e. The molecule has 0 atom stereocenters. The molecule has 2 nitrogen and oxygen atoms in total. The summed E-state index contributed by atoms with van der Waals surface area (Å²) in [4.78, 5) is 0. The van der Waals surface area contributed by atoms with Crippen LogP contribution in [0.5, 0.6) is 5.75 Å². The number of nitrogens with one attached hydrogen (secondary N) is 1. The number of hydrogen-bond donors (Lipinski definition) is 2. The molecule has 2 N–H and O–H groups in total. The number of halogens is 4. The average Bonchev–Trinajstić information content (AvgIpc) is 2.21. The van der Waals surface area contributed by atoms with Gasteiger partial charge in [-0.1, -0.05) is 6.58 Å². The molecule has 1 heterocycles. The van der Waals surface area contributed by atoms with Gasteiger partial charge < -0.3 is 10.4 Å². The average molecular weight is 306 g/mol. The lowest BCUT2D eigenvalue weighted by Gasteiger charge is -2.23. The molecule has 2 rings (SSSR count). The fourth-order valence-electron chi connectivity index (χ4n) is 1.62. The molecule has 0 spiro atoms. The highest BCUT2D eigenvalue weighted by Crippen LogP contribution is 2.47. The number of hydrogen-bond acceptors (Lipinski definition) is 2. The Balaban J connectivity index is 2.72. The van der Waals surface area contributed by atoms with E-state index in [0.717, 1.165) is 6.08 Å². The predicted octanol–water partition coefficient (Wildman–Crippen LogP) is 4.04. The van der Waals surface area contributed by atoms with Crippen LogP contribution < -0.4 is 5.32 Å². The quantitative estimate of drug-likeness (QED) is 0.758. The van der Waals surface area contributed by atoms with Gasteiger partial charge in [0.15, 0.2) is 0 Å². The summed E-state index contributed by atoms with van der Waals surface area (Å²) in [5.74, 6) is -0.439. The van der Waals surface area contributed by atoms with Crippen LogP contribution in [-0.2, 0) is 0 Å². The number of phenolic OH excluding ortho intramolecular Hbond substituents is 1. The molecule has 1 aliphatic heterocycles. The number of fused-ring (bicyclic) bond motifs is 1. The first kappa shape index (κ1) is 12.0. The highest BCUT2D eigenvalue weighted by molar-refractivity contribution is 9.10. The predicted molar refractivity (Wildman–Crippen MR) is 62.6 cm³/mol. The van der Waals surface area contributed by atoms with Crippen molar-refractivity contribution in [2.45, 2.75) is 6.18 Å². The summed E-state index contributed by atoms with van der Waals surface area (Å²) < 4.78 is 38.7. The Hall–Kier alpha value is -1.43. The zero-order chi connectivity index (χ0) is 12.8. The van der Waals surface area contributed by atoms with Gasteiger partial charge in [0.2, 0.25) is 0 Å². The van der Waals surface area contributed by atoms with Crippen LogP contribution in [0.25, 0.3) is 5.57 Å². The fourth-order valence-corrected chi connectivity index (χ4v) is 1.95. The molecule has 90 valence electrons. The second-order valence-corrected chi connectivity index (χ2v) is 4.38. The first-order valence-corrected chi connectivity index (χ1v) is 5.36. The highest BCUT2D eigenvalue weighted by atomic mass is 79.9. The summed E-state index contributed by atoms with van der Waals surface area (Å²) in [7, 11) is 0. The largest absolute Gasteiger partial charge is 0.506 e. The van der Waals surface area contributed by atoms with E-state index >= 15 is 0 Å². The lowest BCUT2D eigenvalue weighted by Crippen LogP contribution is -2.17. The van der Waals surface area contributed by atoms with Crippen LogP contribution in [0.3, 0.4) is 0 Å². The Morgan fingerprint density at radius 2 is 1.94 bits per heavy atom. The van der Waals surface area contributed by atoms with Crippen molar-refractivity contribution in [1.29, 1.82) is 0 Å². The molecule has 0 amide bonds. The van der Waals surface area contributed by atoms with Gasteiger partial charge in [0.05, 0.1) is 21.3 Å². The molecule has 0 saturated carbocycles. The van der Waals surface area contributed by atoms with Gasteiger partial charge in [-0.3, -0.25) is 0 Å². The van der Waals surface area contributed by atoms with Crippen molar-refractivity contribution in [1.82, 2.24) is 0 Å². The number of rotatable bonds is 0. The Labute approximate surface area is 104 Å². The number of benzene rings is 1. The first-order valence-electron chi connectivity index (χ1n) is 4.57. The standard InChI is InChI=1S/C11H7BrF3NO/c1-5-4-6(11(13,14)15)9-8(16-5)3-2-7(12)10(9)17/h2-4,16-17H,1H2. The highest BCUT2D eigenvalue weighted by Gasteiger charge is 2.39. The maximum Gasteiger partial charge on any atom is 0.417 e. The Morgan fingerprint density at radius 3 is 2.53 bits per heavy atom. The third-order valence-electron chi connectivity index (χ3n) is 2.32. The Morgan fingerprint density at radius 1 is 1.29 bits per heavy atom. The third kappa shape index (κ3) is 2.04. The number of alkyl halides is 3. The van der Waals surface area contributed by atoms with Crippen molar-refractivity contribution in [3.63, 3.8) is 0 Å². The third-order valence-corrected chi connectivity index (χ3v) is 2.96. The monoisotopic (exact) mass is 305 g/mol. The van der Waals surface area contributed by atoms with Gasteiger partial charge in [0, 0.05) is 5.70 Å². The van der Waals surface area contributed by atoms with Gasteiger partial charge in [-0.15, -0.1) is 0 Å². The maximum absolute atomic E-state index is 12.8. The van der Waals surface area contributed by atoms with Gasteiger partial charge in [-0.25, -0.2) is 0 Å². The van der Waals surface area contributed by atoms with E-state index in [0.29, 0.717) is 0 Å². The first-order chi connectivity index (χ1) is 7.80. The van der Waals surface area contributed by atoms with E-state index in [1.54, 1.807) is 0 Å². The van der Waals surface area contributed by atoms with Crippen molar-refractivity contribution in [3.8, 4) is 5.75 Å². The summed E-state index contributed by atoms with van der Waals surface area (Å²) in [5.41, 5.74) is -0.855. The van der Waals surface area contributed by atoms with E-state index in [2.05, 4.69) is 27.8 Å². The van der Waals surface area contributed by atoms with Crippen LogP contribution in [0.2, 0.25) is 0 Å². The van der Waals surface area contributed by atoms with Gasteiger partial charge in [-0.2, -0.15) is 13.2 Å². The molecule has 1 aliphatic rings. The molecule has 6 heteroatoms. The van der Waals surface area contributed by atoms with Crippen LogP contribution in [-0.4, -0.2) is 11.3 Å². The summed E-state index contributed by atoms with van der Waals surface area (Å²) >= 11 is 2.99. The van der Waals surface area contributed by atoms with E-state index in [-0.39, 0.29) is 21.4 Å². The molecule has 0 aliphatic carbocycles. The molecule has 0 fully saturated rings.